The van der Waals surface area contributed by atoms with Crippen LogP contribution < -0.4 is 0 Å². The highest BCUT2D eigenvalue weighted by Gasteiger charge is 2.34. The molecule has 0 unspecified atom stereocenters. The van der Waals surface area contributed by atoms with Crippen molar-refractivity contribution in [2.45, 2.75) is 6.54 Å². The summed E-state index contributed by atoms with van der Waals surface area (Å²) in [5, 5.41) is 8.44. The van der Waals surface area contributed by atoms with Crippen molar-refractivity contribution in [3.63, 3.8) is 0 Å². The Kier molecular flexibility index (Phi) is 4.08. The van der Waals surface area contributed by atoms with Gasteiger partial charge in [0.1, 0.15) is 6.07 Å². The molecule has 3 rings (SSSR count). The molecule has 0 aromatic heterocycles. The van der Waals surface area contributed by atoms with Crippen LogP contribution in [0.5, 0.6) is 0 Å². The molecule has 6 nitrogen and oxygen atoms in total. The summed E-state index contributed by atoms with van der Waals surface area (Å²) in [5.41, 5.74) is 1.65. The van der Waals surface area contributed by atoms with Gasteiger partial charge in [-0.1, -0.05) is 24.3 Å². The number of nitriles is 1. The lowest BCUT2D eigenvalue weighted by Crippen LogP contribution is -2.29. The van der Waals surface area contributed by atoms with Crippen LogP contribution in [0, 0.1) is 11.3 Å². The molecule has 1 aliphatic heterocycles. The van der Waals surface area contributed by atoms with Gasteiger partial charge in [-0.25, -0.2) is 4.79 Å². The highest BCUT2D eigenvalue weighted by molar-refractivity contribution is 6.21. The Morgan fingerprint density at radius 3 is 2.33 bits per heavy atom. The lowest BCUT2D eigenvalue weighted by Gasteiger charge is -2.14. The van der Waals surface area contributed by atoms with Crippen LogP contribution in [0.2, 0.25) is 0 Å². The highest BCUT2D eigenvalue weighted by atomic mass is 16.5. The number of carbonyl (C=O) groups is 3. The monoisotopic (exact) mass is 320 g/mol. The molecule has 0 atom stereocenters. The van der Waals surface area contributed by atoms with E-state index in [1.807, 2.05) is 0 Å². The molecular weight excluding hydrogens is 308 g/mol. The van der Waals surface area contributed by atoms with Gasteiger partial charge in [-0.05, 0) is 29.8 Å². The van der Waals surface area contributed by atoms with Crippen LogP contribution in [-0.4, -0.2) is 29.3 Å². The van der Waals surface area contributed by atoms with Crippen LogP contribution in [0.4, 0.5) is 0 Å². The Bertz CT molecular complexity index is 848. The van der Waals surface area contributed by atoms with Crippen molar-refractivity contribution in [3.8, 4) is 6.07 Å². The predicted molar refractivity (Wildman–Crippen MR) is 83.0 cm³/mol. The molecule has 0 fully saturated rings. The average Bonchev–Trinajstić information content (AvgIpc) is 2.85. The van der Waals surface area contributed by atoms with E-state index in [-0.39, 0.29) is 30.5 Å². The first-order valence-electron chi connectivity index (χ1n) is 7.20. The largest absolute Gasteiger partial charge is 0.447 e. The molecule has 0 radical (unpaired) electrons. The first-order chi connectivity index (χ1) is 11.6. The number of benzene rings is 2. The zero-order valence-corrected chi connectivity index (χ0v) is 12.6. The summed E-state index contributed by atoms with van der Waals surface area (Å²) in [6.07, 6.45) is 0. The number of hydrogen-bond donors (Lipinski definition) is 0. The minimum Gasteiger partial charge on any atom is -0.447 e. The molecule has 1 aliphatic rings. The Morgan fingerprint density at radius 2 is 1.71 bits per heavy atom. The molecule has 118 valence electrons. The van der Waals surface area contributed by atoms with Crippen LogP contribution in [0.25, 0.3) is 0 Å². The van der Waals surface area contributed by atoms with Gasteiger partial charge in [-0.2, -0.15) is 5.26 Å². The Morgan fingerprint density at radius 1 is 1.04 bits per heavy atom. The number of ether oxygens (including phenoxy) is 1. The van der Waals surface area contributed by atoms with E-state index in [0.717, 1.165) is 4.90 Å². The normalized spacial score (nSPS) is 12.7. The van der Waals surface area contributed by atoms with Crippen molar-refractivity contribution in [1.29, 1.82) is 5.26 Å². The molecule has 1 heterocycles. The third kappa shape index (κ3) is 2.75. The maximum Gasteiger partial charge on any atom is 0.339 e. The fraction of sp³-hybridized carbons (Fsp3) is 0.111. The van der Waals surface area contributed by atoms with E-state index in [9.17, 15) is 14.4 Å². The molecule has 2 aromatic rings. The Labute approximate surface area is 137 Å². The first-order valence-corrected chi connectivity index (χ1v) is 7.20. The van der Waals surface area contributed by atoms with Crippen LogP contribution in [-0.2, 0) is 11.3 Å². The molecule has 2 aromatic carbocycles. The molecule has 0 bridgehead atoms. The summed E-state index contributed by atoms with van der Waals surface area (Å²) in [4.78, 5) is 37.6. The topological polar surface area (TPSA) is 87.5 Å². The van der Waals surface area contributed by atoms with Crippen molar-refractivity contribution in [2.75, 3.05) is 6.61 Å². The minimum atomic E-state index is -0.624. The van der Waals surface area contributed by atoms with E-state index in [1.165, 1.54) is 0 Å². The van der Waals surface area contributed by atoms with Crippen LogP contribution in [0.15, 0.2) is 48.5 Å². The molecule has 0 aliphatic carbocycles. The van der Waals surface area contributed by atoms with E-state index in [2.05, 4.69) is 0 Å². The molecule has 6 heteroatoms. The Balaban J connectivity index is 1.81. The number of hydrogen-bond acceptors (Lipinski definition) is 5. The van der Waals surface area contributed by atoms with Gasteiger partial charge >= 0.3 is 5.97 Å². The van der Waals surface area contributed by atoms with Gasteiger partial charge < -0.3 is 4.74 Å². The number of imide groups is 1. The lowest BCUT2D eigenvalue weighted by molar-refractivity contribution is 0.0554. The van der Waals surface area contributed by atoms with Crippen LogP contribution in [0.1, 0.15) is 36.6 Å². The number of fused-ring (bicyclic) bond motifs is 1. The first kappa shape index (κ1) is 15.4. The Hall–Kier alpha value is -3.46. The van der Waals surface area contributed by atoms with Gasteiger partial charge in [0.15, 0.2) is 6.61 Å². The lowest BCUT2D eigenvalue weighted by atomic mass is 10.1. The van der Waals surface area contributed by atoms with Crippen molar-refractivity contribution < 1.29 is 19.1 Å². The molecule has 24 heavy (non-hydrogen) atoms. The molecule has 0 saturated carbocycles. The summed E-state index contributed by atoms with van der Waals surface area (Å²) in [7, 11) is 0. The predicted octanol–water partition coefficient (Wildman–Crippen LogP) is 2.16. The van der Waals surface area contributed by atoms with Gasteiger partial charge in [0.25, 0.3) is 11.8 Å². The van der Waals surface area contributed by atoms with E-state index >= 15 is 0 Å². The number of rotatable bonds is 4. The van der Waals surface area contributed by atoms with E-state index < -0.39 is 5.97 Å². The van der Waals surface area contributed by atoms with Crippen LogP contribution >= 0.6 is 0 Å². The van der Waals surface area contributed by atoms with Gasteiger partial charge in [0, 0.05) is 0 Å². The zero-order valence-electron chi connectivity index (χ0n) is 12.6. The van der Waals surface area contributed by atoms with Crippen LogP contribution in [0.3, 0.4) is 0 Å². The number of carbonyl (C=O) groups excluding carboxylic acids is 3. The molecule has 0 spiro atoms. The summed E-state index contributed by atoms with van der Waals surface area (Å²) >= 11 is 0. The van der Waals surface area contributed by atoms with E-state index in [0.29, 0.717) is 16.7 Å². The summed E-state index contributed by atoms with van der Waals surface area (Å²) in [6.45, 7) is -0.271. The fourth-order valence-corrected chi connectivity index (χ4v) is 2.54. The second-order valence-electron chi connectivity index (χ2n) is 5.18. The maximum atomic E-state index is 12.3. The highest BCUT2D eigenvalue weighted by Crippen LogP contribution is 2.24. The molecular formula is C18H12N2O4. The van der Waals surface area contributed by atoms with Gasteiger partial charge in [0.05, 0.1) is 23.2 Å². The number of nitrogens with zero attached hydrogens (tertiary/aromatic N) is 2. The molecule has 0 N–H and O–H groups in total. The van der Waals surface area contributed by atoms with Crippen molar-refractivity contribution >= 4 is 17.8 Å². The zero-order chi connectivity index (χ0) is 17.1. The van der Waals surface area contributed by atoms with E-state index in [1.54, 1.807) is 54.6 Å². The number of esters is 1. The third-order valence-corrected chi connectivity index (χ3v) is 3.65. The SMILES string of the molecule is N#CCOC(=O)c1cccc(CN2C(=O)c3ccccc3C2=O)c1. The second kappa shape index (κ2) is 6.34. The van der Waals surface area contributed by atoms with Gasteiger partial charge in [-0.3, -0.25) is 14.5 Å². The average molecular weight is 320 g/mol. The van der Waals surface area contributed by atoms with E-state index in [4.69, 9.17) is 10.00 Å². The summed E-state index contributed by atoms with van der Waals surface area (Å²) < 4.78 is 4.75. The fourth-order valence-electron chi connectivity index (χ4n) is 2.54. The van der Waals surface area contributed by atoms with Crippen molar-refractivity contribution in [2.24, 2.45) is 0 Å². The quantitative estimate of drug-likeness (QED) is 0.636. The van der Waals surface area contributed by atoms with Crippen molar-refractivity contribution in [3.05, 3.63) is 70.8 Å². The number of amides is 2. The van der Waals surface area contributed by atoms with Gasteiger partial charge in [0.2, 0.25) is 0 Å². The second-order valence-corrected chi connectivity index (χ2v) is 5.18. The third-order valence-electron chi connectivity index (χ3n) is 3.65. The van der Waals surface area contributed by atoms with Gasteiger partial charge in [-0.15, -0.1) is 0 Å². The standard InChI is InChI=1S/C18H12N2O4/c19-8-9-24-18(23)13-5-3-4-12(10-13)11-20-16(21)14-6-1-2-7-15(14)17(20)22/h1-7,10H,9,11H2. The summed E-state index contributed by atoms with van der Waals surface area (Å²) in [5.74, 6) is -1.33. The van der Waals surface area contributed by atoms with Crippen molar-refractivity contribution in [1.82, 2.24) is 4.90 Å². The smallest absolute Gasteiger partial charge is 0.339 e. The minimum absolute atomic E-state index is 0.0612. The maximum absolute atomic E-state index is 12.3. The molecule has 2 amide bonds. The molecule has 0 saturated heterocycles. The summed E-state index contributed by atoms with van der Waals surface area (Å²) in [6, 6.07) is 14.8.